The lowest BCUT2D eigenvalue weighted by molar-refractivity contribution is 0.138. The second kappa shape index (κ2) is 5.01. The van der Waals surface area contributed by atoms with E-state index in [-0.39, 0.29) is 5.58 Å². The molecule has 0 aliphatic rings. The molecule has 0 unspecified atom stereocenters. The largest absolute Gasteiger partial charge is 0.420 e. The van der Waals surface area contributed by atoms with Crippen LogP contribution >= 0.6 is 15.9 Å². The quantitative estimate of drug-likeness (QED) is 0.815. The Morgan fingerprint density at radius 3 is 3.00 bits per heavy atom. The van der Waals surface area contributed by atoms with Crippen molar-refractivity contribution in [3.05, 3.63) is 33.0 Å². The molecule has 1 aromatic carbocycles. The maximum absolute atomic E-state index is 13.3. The third-order valence-corrected chi connectivity index (χ3v) is 2.98. The number of ether oxygens (including phenoxy) is 1. The van der Waals surface area contributed by atoms with E-state index in [1.54, 1.807) is 0 Å². The van der Waals surface area contributed by atoms with Crippen LogP contribution in [-0.2, 0) is 11.3 Å². The molecule has 2 rings (SSSR count). The van der Waals surface area contributed by atoms with Crippen LogP contribution in [0.5, 0.6) is 0 Å². The van der Waals surface area contributed by atoms with E-state index in [0.717, 1.165) is 0 Å². The van der Waals surface area contributed by atoms with Crippen molar-refractivity contribution in [2.75, 3.05) is 13.2 Å². The van der Waals surface area contributed by atoms with Crippen LogP contribution in [0.3, 0.4) is 0 Å². The Morgan fingerprint density at radius 1 is 1.53 bits per heavy atom. The summed E-state index contributed by atoms with van der Waals surface area (Å²) in [4.78, 5) is 11.6. The minimum Gasteiger partial charge on any atom is -0.408 e. The van der Waals surface area contributed by atoms with Gasteiger partial charge in [-0.3, -0.25) is 4.57 Å². The molecule has 92 valence electrons. The first-order chi connectivity index (χ1) is 8.13. The van der Waals surface area contributed by atoms with E-state index in [1.807, 2.05) is 6.92 Å². The molecule has 0 N–H and O–H groups in total. The van der Waals surface area contributed by atoms with Crippen LogP contribution in [0.4, 0.5) is 4.39 Å². The minimum absolute atomic E-state index is 0.243. The third kappa shape index (κ3) is 2.42. The molecule has 0 saturated carbocycles. The molecule has 4 nitrogen and oxygen atoms in total. The molecule has 0 aliphatic carbocycles. The van der Waals surface area contributed by atoms with E-state index in [4.69, 9.17) is 9.15 Å². The molecule has 0 bridgehead atoms. The summed E-state index contributed by atoms with van der Waals surface area (Å²) >= 11 is 3.08. The van der Waals surface area contributed by atoms with Gasteiger partial charge in [0.2, 0.25) is 0 Å². The van der Waals surface area contributed by atoms with Crippen molar-refractivity contribution >= 4 is 27.0 Å². The molecule has 0 saturated heterocycles. The van der Waals surface area contributed by atoms with Crippen molar-refractivity contribution < 1.29 is 13.5 Å². The summed E-state index contributed by atoms with van der Waals surface area (Å²) in [7, 11) is 0. The fourth-order valence-electron chi connectivity index (χ4n) is 1.57. The summed E-state index contributed by atoms with van der Waals surface area (Å²) in [5.41, 5.74) is 0.801. The van der Waals surface area contributed by atoms with Gasteiger partial charge in [-0.1, -0.05) is 0 Å². The molecular formula is C11H11BrFNO3. The number of oxazole rings is 1. The number of nitrogens with zero attached hydrogens (tertiary/aromatic N) is 1. The second-order valence-corrected chi connectivity index (χ2v) is 4.30. The monoisotopic (exact) mass is 303 g/mol. The molecule has 0 atom stereocenters. The molecule has 0 spiro atoms. The lowest BCUT2D eigenvalue weighted by atomic mass is 10.3. The Balaban J connectivity index is 2.44. The van der Waals surface area contributed by atoms with Crippen LogP contribution in [0, 0.1) is 5.82 Å². The Bertz CT molecular complexity index is 590. The number of fused-ring (bicyclic) bond motifs is 1. The van der Waals surface area contributed by atoms with Crippen LogP contribution in [0.2, 0.25) is 0 Å². The van der Waals surface area contributed by atoms with Gasteiger partial charge < -0.3 is 9.15 Å². The first-order valence-corrected chi connectivity index (χ1v) is 5.99. The average molecular weight is 304 g/mol. The van der Waals surface area contributed by atoms with Gasteiger partial charge in [-0.15, -0.1) is 0 Å². The first-order valence-electron chi connectivity index (χ1n) is 5.19. The molecule has 0 fully saturated rings. The van der Waals surface area contributed by atoms with Crippen LogP contribution in [0.25, 0.3) is 11.1 Å². The van der Waals surface area contributed by atoms with Gasteiger partial charge in [-0.05, 0) is 28.9 Å². The zero-order valence-corrected chi connectivity index (χ0v) is 10.8. The number of hydrogen-bond acceptors (Lipinski definition) is 3. The lowest BCUT2D eigenvalue weighted by Gasteiger charge is -2.02. The summed E-state index contributed by atoms with van der Waals surface area (Å²) in [6.45, 7) is 3.27. The van der Waals surface area contributed by atoms with Crippen molar-refractivity contribution in [1.29, 1.82) is 0 Å². The SMILES string of the molecule is CCOCCn1c(=O)oc2cc(F)c(Br)cc21. The molecule has 0 aliphatic heterocycles. The highest BCUT2D eigenvalue weighted by Gasteiger charge is 2.12. The van der Waals surface area contributed by atoms with E-state index in [9.17, 15) is 9.18 Å². The van der Waals surface area contributed by atoms with Crippen molar-refractivity contribution in [2.24, 2.45) is 0 Å². The zero-order chi connectivity index (χ0) is 12.4. The minimum atomic E-state index is -0.503. The summed E-state index contributed by atoms with van der Waals surface area (Å²) in [6, 6.07) is 2.72. The Labute approximate surface area is 105 Å². The maximum Gasteiger partial charge on any atom is 0.420 e. The molecule has 0 amide bonds. The number of rotatable bonds is 4. The summed E-state index contributed by atoms with van der Waals surface area (Å²) in [6.07, 6.45) is 0. The fraction of sp³-hybridized carbons (Fsp3) is 0.364. The predicted molar refractivity (Wildman–Crippen MR) is 64.6 cm³/mol. The van der Waals surface area contributed by atoms with E-state index >= 15 is 0 Å². The van der Waals surface area contributed by atoms with Crippen molar-refractivity contribution in [1.82, 2.24) is 4.57 Å². The van der Waals surface area contributed by atoms with Crippen molar-refractivity contribution in [2.45, 2.75) is 13.5 Å². The highest BCUT2D eigenvalue weighted by molar-refractivity contribution is 9.10. The molecule has 0 radical (unpaired) electrons. The van der Waals surface area contributed by atoms with Gasteiger partial charge in [0, 0.05) is 12.7 Å². The van der Waals surface area contributed by atoms with Crippen LogP contribution < -0.4 is 5.76 Å². The van der Waals surface area contributed by atoms with Crippen molar-refractivity contribution in [3.63, 3.8) is 0 Å². The Hall–Kier alpha value is -1.14. The highest BCUT2D eigenvalue weighted by atomic mass is 79.9. The summed E-state index contributed by atoms with van der Waals surface area (Å²) < 4.78 is 25.1. The van der Waals surface area contributed by atoms with Gasteiger partial charge in [0.25, 0.3) is 0 Å². The zero-order valence-electron chi connectivity index (χ0n) is 9.20. The number of benzene rings is 1. The van der Waals surface area contributed by atoms with Gasteiger partial charge in [0.15, 0.2) is 5.58 Å². The standard InChI is InChI=1S/C11H11BrFNO3/c1-2-16-4-3-14-9-5-7(12)8(13)6-10(9)17-11(14)15/h5-6H,2-4H2,1H3. The van der Waals surface area contributed by atoms with E-state index < -0.39 is 11.6 Å². The van der Waals surface area contributed by atoms with Gasteiger partial charge in [0.1, 0.15) is 5.82 Å². The van der Waals surface area contributed by atoms with Gasteiger partial charge in [0.05, 0.1) is 23.1 Å². The van der Waals surface area contributed by atoms with Gasteiger partial charge in [-0.25, -0.2) is 9.18 Å². The van der Waals surface area contributed by atoms with E-state index in [0.29, 0.717) is 29.7 Å². The predicted octanol–water partition coefficient (Wildman–Crippen LogP) is 2.53. The normalized spacial score (nSPS) is 11.2. The maximum atomic E-state index is 13.3. The van der Waals surface area contributed by atoms with Crippen LogP contribution in [0.15, 0.2) is 25.8 Å². The summed E-state index contributed by atoms with van der Waals surface area (Å²) in [5.74, 6) is -0.958. The van der Waals surface area contributed by atoms with Crippen LogP contribution in [-0.4, -0.2) is 17.8 Å². The molecule has 17 heavy (non-hydrogen) atoms. The number of hydrogen-bond donors (Lipinski definition) is 0. The van der Waals surface area contributed by atoms with Gasteiger partial charge >= 0.3 is 5.76 Å². The number of halogens is 2. The van der Waals surface area contributed by atoms with Crippen molar-refractivity contribution in [3.8, 4) is 0 Å². The molecule has 1 aromatic heterocycles. The molecule has 1 heterocycles. The summed E-state index contributed by atoms with van der Waals surface area (Å²) in [5, 5.41) is 0. The molecular weight excluding hydrogens is 293 g/mol. The average Bonchev–Trinajstić information content (AvgIpc) is 2.57. The Kier molecular flexibility index (Phi) is 3.63. The van der Waals surface area contributed by atoms with Gasteiger partial charge in [-0.2, -0.15) is 0 Å². The Morgan fingerprint density at radius 2 is 2.29 bits per heavy atom. The highest BCUT2D eigenvalue weighted by Crippen LogP contribution is 2.22. The first kappa shape index (κ1) is 12.3. The topological polar surface area (TPSA) is 44.4 Å². The van der Waals surface area contributed by atoms with Crippen LogP contribution in [0.1, 0.15) is 6.92 Å². The molecule has 6 heteroatoms. The second-order valence-electron chi connectivity index (χ2n) is 3.45. The smallest absolute Gasteiger partial charge is 0.408 e. The molecule has 2 aromatic rings. The van der Waals surface area contributed by atoms with E-state index in [2.05, 4.69) is 15.9 Å². The van der Waals surface area contributed by atoms with E-state index in [1.165, 1.54) is 16.7 Å². The fourth-order valence-corrected chi connectivity index (χ4v) is 1.90. The number of aromatic nitrogens is 1. The third-order valence-electron chi connectivity index (χ3n) is 2.37. The lowest BCUT2D eigenvalue weighted by Crippen LogP contribution is -2.17.